The van der Waals surface area contributed by atoms with E-state index < -0.39 is 0 Å². The number of aromatic nitrogens is 5. The number of thiazole rings is 1. The molecule has 0 saturated heterocycles. The van der Waals surface area contributed by atoms with Gasteiger partial charge in [0.2, 0.25) is 11.1 Å². The van der Waals surface area contributed by atoms with Gasteiger partial charge in [0, 0.05) is 17.0 Å². The number of amides is 1. The van der Waals surface area contributed by atoms with Gasteiger partial charge in [-0.3, -0.25) is 4.79 Å². The monoisotopic (exact) mass is 412 g/mol. The minimum Gasteiger partial charge on any atom is -0.302 e. The Kier molecular flexibility index (Phi) is 5.03. The van der Waals surface area contributed by atoms with Gasteiger partial charge in [0.25, 0.3) is 5.78 Å². The molecule has 4 rings (SSSR count). The van der Waals surface area contributed by atoms with Crippen molar-refractivity contribution < 1.29 is 4.79 Å². The standard InChI is InChI=1S/C19H20N6OS2/c1-5-12-6-7-14-15(8-12)28-18(21-14)22-16(26)9-13-10(2)20-17-23-19(27-4)24-25(17)11(13)3/h6-8H,5,9H2,1-4H3,(H,21,22,26). The van der Waals surface area contributed by atoms with Crippen LogP contribution < -0.4 is 5.32 Å². The Labute approximate surface area is 170 Å². The van der Waals surface area contributed by atoms with Gasteiger partial charge in [-0.2, -0.15) is 4.98 Å². The van der Waals surface area contributed by atoms with Crippen molar-refractivity contribution in [3.8, 4) is 0 Å². The van der Waals surface area contributed by atoms with Crippen molar-refractivity contribution >= 4 is 50.1 Å². The topological polar surface area (TPSA) is 85.1 Å². The van der Waals surface area contributed by atoms with Crippen LogP contribution in [0, 0.1) is 13.8 Å². The Morgan fingerprint density at radius 2 is 2.07 bits per heavy atom. The first-order chi connectivity index (χ1) is 13.5. The molecule has 1 N–H and O–H groups in total. The lowest BCUT2D eigenvalue weighted by molar-refractivity contribution is -0.115. The summed E-state index contributed by atoms with van der Waals surface area (Å²) in [5.74, 6) is 0.439. The van der Waals surface area contributed by atoms with Gasteiger partial charge in [-0.15, -0.1) is 5.10 Å². The SMILES string of the molecule is CCc1ccc2nc(NC(=O)Cc3c(C)nc4nc(SC)nn4c3C)sc2c1. The highest BCUT2D eigenvalue weighted by Gasteiger charge is 2.17. The van der Waals surface area contributed by atoms with Gasteiger partial charge in [-0.1, -0.05) is 36.1 Å². The summed E-state index contributed by atoms with van der Waals surface area (Å²) in [6, 6.07) is 6.20. The largest absolute Gasteiger partial charge is 0.302 e. The molecular formula is C19H20N6OS2. The van der Waals surface area contributed by atoms with Crippen molar-refractivity contribution in [1.82, 2.24) is 24.6 Å². The van der Waals surface area contributed by atoms with E-state index in [1.165, 1.54) is 28.7 Å². The summed E-state index contributed by atoms with van der Waals surface area (Å²) >= 11 is 2.96. The molecule has 0 fully saturated rings. The van der Waals surface area contributed by atoms with E-state index in [0.29, 0.717) is 16.1 Å². The summed E-state index contributed by atoms with van der Waals surface area (Å²) < 4.78 is 2.78. The fourth-order valence-corrected chi connectivity index (χ4v) is 4.38. The third kappa shape index (κ3) is 3.47. The third-order valence-electron chi connectivity index (χ3n) is 4.66. The average Bonchev–Trinajstić information content (AvgIpc) is 3.27. The summed E-state index contributed by atoms with van der Waals surface area (Å²) in [6.07, 6.45) is 3.11. The van der Waals surface area contributed by atoms with Gasteiger partial charge in [-0.05, 0) is 44.2 Å². The van der Waals surface area contributed by atoms with Crippen LogP contribution in [0.4, 0.5) is 5.13 Å². The zero-order valence-electron chi connectivity index (χ0n) is 16.1. The Balaban J connectivity index is 1.58. The van der Waals surface area contributed by atoms with Crippen molar-refractivity contribution in [2.45, 2.75) is 38.8 Å². The molecule has 0 unspecified atom stereocenters. The van der Waals surface area contributed by atoms with Gasteiger partial charge < -0.3 is 5.32 Å². The van der Waals surface area contributed by atoms with Gasteiger partial charge >= 0.3 is 0 Å². The molecule has 3 heterocycles. The molecule has 0 aliphatic heterocycles. The average molecular weight is 413 g/mol. The lowest BCUT2D eigenvalue weighted by Crippen LogP contribution is -2.17. The van der Waals surface area contributed by atoms with Crippen molar-refractivity contribution in [3.05, 3.63) is 40.7 Å². The molecule has 0 aliphatic carbocycles. The molecule has 1 amide bonds. The molecule has 0 bridgehead atoms. The van der Waals surface area contributed by atoms with Gasteiger partial charge in [0.15, 0.2) is 5.13 Å². The predicted octanol–water partition coefficient (Wildman–Crippen LogP) is 3.82. The van der Waals surface area contributed by atoms with Gasteiger partial charge in [0.05, 0.1) is 16.6 Å². The Bertz CT molecular complexity index is 1200. The maximum Gasteiger partial charge on any atom is 0.253 e. The highest BCUT2D eigenvalue weighted by atomic mass is 32.2. The minimum absolute atomic E-state index is 0.118. The van der Waals surface area contributed by atoms with E-state index in [1.54, 1.807) is 4.52 Å². The molecule has 0 saturated carbocycles. The van der Waals surface area contributed by atoms with E-state index in [4.69, 9.17) is 0 Å². The number of nitrogens with zero attached hydrogens (tertiary/aromatic N) is 5. The maximum absolute atomic E-state index is 12.7. The van der Waals surface area contributed by atoms with E-state index in [0.717, 1.165) is 33.6 Å². The number of thioether (sulfide) groups is 1. The summed E-state index contributed by atoms with van der Waals surface area (Å²) in [5.41, 5.74) is 4.69. The molecule has 4 aromatic rings. The number of hydrogen-bond acceptors (Lipinski definition) is 7. The van der Waals surface area contributed by atoms with Crippen LogP contribution in [0.25, 0.3) is 16.0 Å². The quantitative estimate of drug-likeness (QED) is 0.502. The zero-order chi connectivity index (χ0) is 19.8. The second-order valence-corrected chi connectivity index (χ2v) is 8.28. The first-order valence-corrected chi connectivity index (χ1v) is 11.0. The first kappa shape index (κ1) is 18.8. The predicted molar refractivity (Wildman–Crippen MR) is 113 cm³/mol. The fraction of sp³-hybridized carbons (Fsp3) is 0.316. The van der Waals surface area contributed by atoms with Crippen LogP contribution in [0.3, 0.4) is 0 Å². The van der Waals surface area contributed by atoms with Crippen LogP contribution in [0.2, 0.25) is 0 Å². The maximum atomic E-state index is 12.7. The summed E-state index contributed by atoms with van der Waals surface area (Å²) in [5, 5.41) is 8.64. The number of aryl methyl sites for hydroxylation is 3. The molecule has 0 aliphatic rings. The number of carbonyl (C=O) groups excluding carboxylic acids is 1. The number of nitrogens with one attached hydrogen (secondary N) is 1. The highest BCUT2D eigenvalue weighted by Crippen LogP contribution is 2.27. The van der Waals surface area contributed by atoms with Crippen LogP contribution in [0.1, 0.15) is 29.4 Å². The Morgan fingerprint density at radius 1 is 1.25 bits per heavy atom. The number of rotatable bonds is 5. The van der Waals surface area contributed by atoms with E-state index in [1.807, 2.05) is 26.2 Å². The minimum atomic E-state index is -0.118. The molecular weight excluding hydrogens is 392 g/mol. The van der Waals surface area contributed by atoms with E-state index >= 15 is 0 Å². The second-order valence-electron chi connectivity index (χ2n) is 6.47. The van der Waals surface area contributed by atoms with Crippen molar-refractivity contribution in [1.29, 1.82) is 0 Å². The first-order valence-electron chi connectivity index (χ1n) is 8.94. The van der Waals surface area contributed by atoms with E-state index in [-0.39, 0.29) is 12.3 Å². The lowest BCUT2D eigenvalue weighted by Gasteiger charge is -2.09. The van der Waals surface area contributed by atoms with Gasteiger partial charge in [-0.25, -0.2) is 14.5 Å². The number of benzene rings is 1. The van der Waals surface area contributed by atoms with Crippen LogP contribution in [-0.4, -0.2) is 36.7 Å². The van der Waals surface area contributed by atoms with Crippen LogP contribution in [0.5, 0.6) is 0 Å². The van der Waals surface area contributed by atoms with Crippen LogP contribution in [0.15, 0.2) is 23.4 Å². The molecule has 1 aromatic carbocycles. The molecule has 9 heteroatoms. The van der Waals surface area contributed by atoms with Gasteiger partial charge in [0.1, 0.15) is 0 Å². The van der Waals surface area contributed by atoms with E-state index in [2.05, 4.69) is 44.4 Å². The zero-order valence-corrected chi connectivity index (χ0v) is 17.7. The molecule has 3 aromatic heterocycles. The Morgan fingerprint density at radius 3 is 2.82 bits per heavy atom. The summed E-state index contributed by atoms with van der Waals surface area (Å²) in [7, 11) is 0. The molecule has 0 spiro atoms. The van der Waals surface area contributed by atoms with Crippen LogP contribution in [-0.2, 0) is 17.6 Å². The summed E-state index contributed by atoms with van der Waals surface area (Å²) in [4.78, 5) is 26.1. The third-order valence-corrected chi connectivity index (χ3v) is 6.13. The number of anilines is 1. The number of carbonyl (C=O) groups is 1. The molecule has 7 nitrogen and oxygen atoms in total. The smallest absolute Gasteiger partial charge is 0.253 e. The summed E-state index contributed by atoms with van der Waals surface area (Å²) in [6.45, 7) is 5.96. The Hall–Kier alpha value is -2.52. The van der Waals surface area contributed by atoms with Crippen molar-refractivity contribution in [2.75, 3.05) is 11.6 Å². The highest BCUT2D eigenvalue weighted by molar-refractivity contribution is 7.98. The lowest BCUT2D eigenvalue weighted by atomic mass is 10.1. The van der Waals surface area contributed by atoms with Crippen molar-refractivity contribution in [3.63, 3.8) is 0 Å². The number of fused-ring (bicyclic) bond motifs is 2. The molecule has 0 atom stereocenters. The second kappa shape index (κ2) is 7.48. The molecule has 0 radical (unpaired) electrons. The number of hydrogen-bond donors (Lipinski definition) is 1. The van der Waals surface area contributed by atoms with Crippen molar-refractivity contribution in [2.24, 2.45) is 0 Å². The van der Waals surface area contributed by atoms with E-state index in [9.17, 15) is 4.79 Å². The molecule has 144 valence electrons. The fourth-order valence-electron chi connectivity index (χ4n) is 3.10. The normalized spacial score (nSPS) is 11.4. The molecule has 28 heavy (non-hydrogen) atoms. The van der Waals surface area contributed by atoms with Crippen LogP contribution >= 0.6 is 23.1 Å².